The molecule has 1 heterocycles. The Labute approximate surface area is 138 Å². The minimum absolute atomic E-state index is 0.0206. The molecule has 2 amide bonds. The molecule has 0 spiro atoms. The molecule has 0 radical (unpaired) electrons. The fourth-order valence-corrected chi connectivity index (χ4v) is 2.95. The molecule has 1 unspecified atom stereocenters. The minimum Gasteiger partial charge on any atom is -0.346 e. The van der Waals surface area contributed by atoms with Gasteiger partial charge in [-0.3, -0.25) is 9.59 Å². The van der Waals surface area contributed by atoms with Crippen molar-refractivity contribution in [2.45, 2.75) is 45.2 Å². The van der Waals surface area contributed by atoms with Crippen LogP contribution in [0.3, 0.4) is 0 Å². The number of hydrogen-bond acceptors (Lipinski definition) is 3. The molecular formula is C18H27N3O2. The van der Waals surface area contributed by atoms with Crippen LogP contribution >= 0.6 is 0 Å². The van der Waals surface area contributed by atoms with Crippen molar-refractivity contribution in [3.05, 3.63) is 35.9 Å². The zero-order valence-electron chi connectivity index (χ0n) is 14.0. The monoisotopic (exact) mass is 317 g/mol. The molecule has 2 atom stereocenters. The average Bonchev–Trinajstić information content (AvgIpc) is 3.00. The van der Waals surface area contributed by atoms with Crippen LogP contribution in [0.5, 0.6) is 0 Å². The van der Waals surface area contributed by atoms with E-state index in [1.807, 2.05) is 36.9 Å². The Morgan fingerprint density at radius 2 is 2.00 bits per heavy atom. The summed E-state index contributed by atoms with van der Waals surface area (Å²) in [5.74, 6) is -0.220. The van der Waals surface area contributed by atoms with E-state index < -0.39 is 6.04 Å². The highest BCUT2D eigenvalue weighted by Crippen LogP contribution is 2.21. The standard InChI is InChI=1S/C18H27N3O2/c1-13(2)17(19)18(23)20-12-16(22)21-10-6-9-15(21)11-14-7-4-3-5-8-14/h3-5,7-8,13,15,17H,6,9-12,19H2,1-2H3,(H,20,23)/t15?,17-/m0/s1. The summed E-state index contributed by atoms with van der Waals surface area (Å²) < 4.78 is 0. The molecule has 0 saturated carbocycles. The zero-order chi connectivity index (χ0) is 16.8. The number of rotatable bonds is 6. The number of benzene rings is 1. The lowest BCUT2D eigenvalue weighted by Crippen LogP contribution is -2.48. The van der Waals surface area contributed by atoms with Gasteiger partial charge in [0.15, 0.2) is 0 Å². The summed E-state index contributed by atoms with van der Waals surface area (Å²) in [5, 5.41) is 2.67. The lowest BCUT2D eigenvalue weighted by atomic mass is 10.0. The van der Waals surface area contributed by atoms with Crippen LogP contribution in [0.2, 0.25) is 0 Å². The summed E-state index contributed by atoms with van der Waals surface area (Å²) in [4.78, 5) is 26.2. The Morgan fingerprint density at radius 1 is 1.30 bits per heavy atom. The maximum Gasteiger partial charge on any atom is 0.242 e. The summed E-state index contributed by atoms with van der Waals surface area (Å²) in [5.41, 5.74) is 7.03. The van der Waals surface area contributed by atoms with Crippen molar-refractivity contribution in [2.75, 3.05) is 13.1 Å². The number of likely N-dealkylation sites (tertiary alicyclic amines) is 1. The van der Waals surface area contributed by atoms with Gasteiger partial charge in [0.05, 0.1) is 12.6 Å². The minimum atomic E-state index is -0.568. The van der Waals surface area contributed by atoms with E-state index in [0.717, 1.165) is 25.8 Å². The number of nitrogens with two attached hydrogens (primary N) is 1. The summed E-state index contributed by atoms with van der Waals surface area (Å²) in [7, 11) is 0. The number of nitrogens with zero attached hydrogens (tertiary/aromatic N) is 1. The number of carbonyl (C=O) groups excluding carboxylic acids is 2. The molecule has 1 aromatic rings. The molecule has 0 aliphatic carbocycles. The number of hydrogen-bond donors (Lipinski definition) is 2. The van der Waals surface area contributed by atoms with E-state index >= 15 is 0 Å². The Kier molecular flexibility index (Phi) is 6.16. The second-order valence-corrected chi connectivity index (χ2v) is 6.56. The normalized spacial score (nSPS) is 19.0. The van der Waals surface area contributed by atoms with Gasteiger partial charge in [-0.2, -0.15) is 0 Å². The SMILES string of the molecule is CC(C)[C@H](N)C(=O)NCC(=O)N1CCCC1Cc1ccccc1. The van der Waals surface area contributed by atoms with Gasteiger partial charge in [0.25, 0.3) is 0 Å². The predicted octanol–water partition coefficient (Wildman–Crippen LogP) is 1.32. The smallest absolute Gasteiger partial charge is 0.242 e. The highest BCUT2D eigenvalue weighted by atomic mass is 16.2. The lowest BCUT2D eigenvalue weighted by Gasteiger charge is -2.25. The van der Waals surface area contributed by atoms with Gasteiger partial charge in [-0.05, 0) is 30.7 Å². The predicted molar refractivity (Wildman–Crippen MR) is 90.7 cm³/mol. The zero-order valence-corrected chi connectivity index (χ0v) is 14.0. The molecule has 0 aromatic heterocycles. The topological polar surface area (TPSA) is 75.4 Å². The van der Waals surface area contributed by atoms with Crippen LogP contribution in [-0.2, 0) is 16.0 Å². The van der Waals surface area contributed by atoms with E-state index in [9.17, 15) is 9.59 Å². The van der Waals surface area contributed by atoms with Gasteiger partial charge in [0.2, 0.25) is 11.8 Å². The first kappa shape index (κ1) is 17.5. The van der Waals surface area contributed by atoms with Gasteiger partial charge in [-0.25, -0.2) is 0 Å². The molecule has 1 fully saturated rings. The van der Waals surface area contributed by atoms with E-state index in [-0.39, 0.29) is 30.3 Å². The van der Waals surface area contributed by atoms with Gasteiger partial charge in [0.1, 0.15) is 0 Å². The quantitative estimate of drug-likeness (QED) is 0.831. The summed E-state index contributed by atoms with van der Waals surface area (Å²) in [6.45, 7) is 4.58. The fourth-order valence-electron chi connectivity index (χ4n) is 2.95. The molecule has 2 rings (SSSR count). The third kappa shape index (κ3) is 4.79. The van der Waals surface area contributed by atoms with E-state index in [1.165, 1.54) is 5.56 Å². The Hall–Kier alpha value is -1.88. The van der Waals surface area contributed by atoms with Crippen molar-refractivity contribution in [3.63, 3.8) is 0 Å². The molecule has 1 aliphatic heterocycles. The maximum atomic E-state index is 12.4. The first-order valence-corrected chi connectivity index (χ1v) is 8.35. The molecule has 0 bridgehead atoms. The Bertz CT molecular complexity index is 530. The first-order chi connectivity index (χ1) is 11.0. The van der Waals surface area contributed by atoms with Crippen molar-refractivity contribution in [1.29, 1.82) is 0 Å². The van der Waals surface area contributed by atoms with Crippen molar-refractivity contribution >= 4 is 11.8 Å². The van der Waals surface area contributed by atoms with E-state index in [2.05, 4.69) is 17.4 Å². The molecule has 1 aliphatic rings. The molecule has 23 heavy (non-hydrogen) atoms. The summed E-state index contributed by atoms with van der Waals surface area (Å²) >= 11 is 0. The Morgan fingerprint density at radius 3 is 2.65 bits per heavy atom. The first-order valence-electron chi connectivity index (χ1n) is 8.35. The van der Waals surface area contributed by atoms with Crippen molar-refractivity contribution in [2.24, 2.45) is 11.7 Å². The van der Waals surface area contributed by atoms with E-state index in [0.29, 0.717) is 0 Å². The van der Waals surface area contributed by atoms with Gasteiger partial charge in [0, 0.05) is 12.6 Å². The third-order valence-corrected chi connectivity index (χ3v) is 4.45. The molecule has 5 heteroatoms. The summed E-state index contributed by atoms with van der Waals surface area (Å²) in [6, 6.07) is 9.86. The van der Waals surface area contributed by atoms with Gasteiger partial charge < -0.3 is 16.0 Å². The fraction of sp³-hybridized carbons (Fsp3) is 0.556. The van der Waals surface area contributed by atoms with Crippen LogP contribution in [-0.4, -0.2) is 41.9 Å². The largest absolute Gasteiger partial charge is 0.346 e. The van der Waals surface area contributed by atoms with Crippen molar-refractivity contribution < 1.29 is 9.59 Å². The van der Waals surface area contributed by atoms with Crippen LogP contribution in [0.4, 0.5) is 0 Å². The second-order valence-electron chi connectivity index (χ2n) is 6.56. The van der Waals surface area contributed by atoms with Crippen molar-refractivity contribution in [1.82, 2.24) is 10.2 Å². The van der Waals surface area contributed by atoms with Gasteiger partial charge in [-0.1, -0.05) is 44.2 Å². The second kappa shape index (κ2) is 8.11. The number of nitrogens with one attached hydrogen (secondary N) is 1. The van der Waals surface area contributed by atoms with Crippen LogP contribution < -0.4 is 11.1 Å². The van der Waals surface area contributed by atoms with E-state index in [4.69, 9.17) is 5.73 Å². The molecule has 1 saturated heterocycles. The third-order valence-electron chi connectivity index (χ3n) is 4.45. The highest BCUT2D eigenvalue weighted by Gasteiger charge is 2.29. The van der Waals surface area contributed by atoms with Crippen LogP contribution in [0, 0.1) is 5.92 Å². The van der Waals surface area contributed by atoms with Crippen LogP contribution in [0.15, 0.2) is 30.3 Å². The van der Waals surface area contributed by atoms with Gasteiger partial charge in [-0.15, -0.1) is 0 Å². The van der Waals surface area contributed by atoms with Gasteiger partial charge >= 0.3 is 0 Å². The van der Waals surface area contributed by atoms with Crippen molar-refractivity contribution in [3.8, 4) is 0 Å². The molecule has 3 N–H and O–H groups in total. The van der Waals surface area contributed by atoms with Crippen LogP contribution in [0.25, 0.3) is 0 Å². The molecular weight excluding hydrogens is 290 g/mol. The maximum absolute atomic E-state index is 12.4. The molecule has 126 valence electrons. The Balaban J connectivity index is 1.87. The molecule has 1 aromatic carbocycles. The van der Waals surface area contributed by atoms with E-state index in [1.54, 1.807) is 0 Å². The lowest BCUT2D eigenvalue weighted by molar-refractivity contribution is -0.134. The number of carbonyl (C=O) groups is 2. The average molecular weight is 317 g/mol. The summed E-state index contributed by atoms with van der Waals surface area (Å²) in [6.07, 6.45) is 2.90. The number of amides is 2. The molecule has 5 nitrogen and oxygen atoms in total. The van der Waals surface area contributed by atoms with Crippen LogP contribution in [0.1, 0.15) is 32.3 Å². The highest BCUT2D eigenvalue weighted by molar-refractivity contribution is 5.87.